The molecule has 0 unspecified atom stereocenters. The van der Waals surface area contributed by atoms with Gasteiger partial charge in [0.05, 0.1) is 18.9 Å². The van der Waals surface area contributed by atoms with E-state index in [4.69, 9.17) is 0 Å². The van der Waals surface area contributed by atoms with E-state index in [-0.39, 0.29) is 0 Å². The first kappa shape index (κ1) is 16.7. The van der Waals surface area contributed by atoms with Gasteiger partial charge in [0.2, 0.25) is 0 Å². The van der Waals surface area contributed by atoms with E-state index >= 15 is 0 Å². The Kier molecular flexibility index (Phi) is 5.85. The molecule has 1 aliphatic rings. The Bertz CT molecular complexity index is 604. The van der Waals surface area contributed by atoms with Gasteiger partial charge in [-0.3, -0.25) is 9.59 Å². The molecule has 0 atom stereocenters. The largest absolute Gasteiger partial charge is 0.465 e. The number of likely N-dealkylation sites (tertiary alicyclic amines) is 1. The van der Waals surface area contributed by atoms with Gasteiger partial charge < -0.3 is 9.64 Å². The lowest BCUT2D eigenvalue weighted by Gasteiger charge is -2.25. The van der Waals surface area contributed by atoms with Crippen LogP contribution in [0.5, 0.6) is 0 Å². The highest BCUT2D eigenvalue weighted by atomic mass is 16.5. The number of hydrogen-bond acceptors (Lipinski definition) is 5. The van der Waals surface area contributed by atoms with Crippen molar-refractivity contribution in [2.45, 2.75) is 19.3 Å². The van der Waals surface area contributed by atoms with Gasteiger partial charge in [0.25, 0.3) is 0 Å². The van der Waals surface area contributed by atoms with Crippen LogP contribution < -0.4 is 5.43 Å². The van der Waals surface area contributed by atoms with Crippen molar-refractivity contribution in [2.75, 3.05) is 20.2 Å². The van der Waals surface area contributed by atoms with Gasteiger partial charge in [-0.1, -0.05) is 12.1 Å². The Morgan fingerprint density at radius 2 is 1.78 bits per heavy atom. The zero-order valence-corrected chi connectivity index (χ0v) is 12.9. The lowest BCUT2D eigenvalue weighted by Crippen LogP contribution is -2.43. The molecule has 0 saturated carbocycles. The summed E-state index contributed by atoms with van der Waals surface area (Å²) < 4.78 is 4.60. The molecule has 1 saturated heterocycles. The van der Waals surface area contributed by atoms with E-state index in [1.165, 1.54) is 13.3 Å². The molecule has 0 bridgehead atoms. The van der Waals surface area contributed by atoms with Crippen LogP contribution in [-0.2, 0) is 14.3 Å². The van der Waals surface area contributed by atoms with Gasteiger partial charge in [-0.2, -0.15) is 5.10 Å². The predicted molar refractivity (Wildman–Crippen MR) is 83.9 cm³/mol. The number of ether oxygens (including phenoxy) is 1. The van der Waals surface area contributed by atoms with Crippen molar-refractivity contribution in [1.82, 2.24) is 10.3 Å². The molecule has 2 rings (SSSR count). The molecule has 23 heavy (non-hydrogen) atoms. The summed E-state index contributed by atoms with van der Waals surface area (Å²) >= 11 is 0. The highest BCUT2D eigenvalue weighted by molar-refractivity contribution is 6.35. The average Bonchev–Trinajstić information content (AvgIpc) is 2.61. The summed E-state index contributed by atoms with van der Waals surface area (Å²) in [6.45, 7) is 1.23. The third-order valence-electron chi connectivity index (χ3n) is 3.55. The van der Waals surface area contributed by atoms with Crippen molar-refractivity contribution in [2.24, 2.45) is 5.10 Å². The summed E-state index contributed by atoms with van der Waals surface area (Å²) in [6.07, 6.45) is 4.34. The quantitative estimate of drug-likeness (QED) is 0.389. The Morgan fingerprint density at radius 1 is 1.13 bits per heavy atom. The van der Waals surface area contributed by atoms with Gasteiger partial charge in [-0.05, 0) is 37.0 Å². The van der Waals surface area contributed by atoms with Gasteiger partial charge in [0.1, 0.15) is 0 Å². The molecule has 1 aliphatic heterocycles. The normalized spacial score (nSPS) is 14.6. The number of carbonyl (C=O) groups excluding carboxylic acids is 3. The molecule has 1 aromatic carbocycles. The van der Waals surface area contributed by atoms with E-state index < -0.39 is 17.8 Å². The van der Waals surface area contributed by atoms with Gasteiger partial charge in [-0.25, -0.2) is 10.2 Å². The standard InChI is InChI=1S/C16H19N3O4/c1-23-16(22)13-7-5-12(6-8-13)11-17-18-14(20)15(21)19-9-3-2-4-10-19/h5-8,11H,2-4,9-10H2,1H3,(H,18,20)/b17-11+. The number of rotatable bonds is 3. The van der Waals surface area contributed by atoms with Crippen molar-refractivity contribution in [3.63, 3.8) is 0 Å². The van der Waals surface area contributed by atoms with E-state index in [0.29, 0.717) is 24.2 Å². The van der Waals surface area contributed by atoms with Gasteiger partial charge in [0, 0.05) is 13.1 Å². The minimum atomic E-state index is -0.741. The second kappa shape index (κ2) is 8.07. The Hall–Kier alpha value is -2.70. The molecule has 1 N–H and O–H groups in total. The van der Waals surface area contributed by atoms with Crippen LogP contribution >= 0.6 is 0 Å². The summed E-state index contributed by atoms with van der Waals surface area (Å²) in [4.78, 5) is 36.5. The van der Waals surface area contributed by atoms with E-state index in [1.54, 1.807) is 29.2 Å². The van der Waals surface area contributed by atoms with E-state index in [0.717, 1.165) is 19.3 Å². The second-order valence-electron chi connectivity index (χ2n) is 5.17. The Morgan fingerprint density at radius 3 is 2.39 bits per heavy atom. The summed E-state index contributed by atoms with van der Waals surface area (Å²) in [5.74, 6) is -1.72. The zero-order chi connectivity index (χ0) is 16.7. The maximum Gasteiger partial charge on any atom is 0.337 e. The lowest BCUT2D eigenvalue weighted by molar-refractivity contribution is -0.146. The number of nitrogens with zero attached hydrogens (tertiary/aromatic N) is 2. The molecular weight excluding hydrogens is 298 g/mol. The number of nitrogens with one attached hydrogen (secondary N) is 1. The van der Waals surface area contributed by atoms with E-state index in [9.17, 15) is 14.4 Å². The van der Waals surface area contributed by atoms with Crippen LogP contribution in [-0.4, -0.2) is 49.1 Å². The fraction of sp³-hybridized carbons (Fsp3) is 0.375. The molecule has 1 aromatic rings. The van der Waals surface area contributed by atoms with Crippen LogP contribution in [0.4, 0.5) is 0 Å². The van der Waals surface area contributed by atoms with Gasteiger partial charge in [0.15, 0.2) is 0 Å². The summed E-state index contributed by atoms with van der Waals surface area (Å²) in [5.41, 5.74) is 3.33. The van der Waals surface area contributed by atoms with Crippen LogP contribution in [0, 0.1) is 0 Å². The molecule has 122 valence electrons. The monoisotopic (exact) mass is 317 g/mol. The van der Waals surface area contributed by atoms with E-state index in [2.05, 4.69) is 15.3 Å². The van der Waals surface area contributed by atoms with Crippen molar-refractivity contribution >= 4 is 24.0 Å². The van der Waals surface area contributed by atoms with E-state index in [1.807, 2.05) is 0 Å². The molecule has 1 heterocycles. The predicted octanol–water partition coefficient (Wildman–Crippen LogP) is 0.936. The van der Waals surface area contributed by atoms with Crippen molar-refractivity contribution in [3.05, 3.63) is 35.4 Å². The summed E-state index contributed by atoms with van der Waals surface area (Å²) in [7, 11) is 1.31. The number of piperidine rings is 1. The molecule has 7 heteroatoms. The first-order valence-corrected chi connectivity index (χ1v) is 7.42. The number of hydrazone groups is 1. The summed E-state index contributed by atoms with van der Waals surface area (Å²) in [5, 5.41) is 3.76. The number of hydrogen-bond donors (Lipinski definition) is 1. The highest BCUT2D eigenvalue weighted by Gasteiger charge is 2.22. The highest BCUT2D eigenvalue weighted by Crippen LogP contribution is 2.08. The molecular formula is C16H19N3O4. The Labute approximate surface area is 134 Å². The third-order valence-corrected chi connectivity index (χ3v) is 3.55. The maximum atomic E-state index is 11.9. The fourth-order valence-corrected chi connectivity index (χ4v) is 2.28. The van der Waals surface area contributed by atoms with Crippen molar-refractivity contribution < 1.29 is 19.1 Å². The smallest absolute Gasteiger partial charge is 0.337 e. The molecule has 0 spiro atoms. The zero-order valence-electron chi connectivity index (χ0n) is 12.9. The molecule has 2 amide bonds. The number of esters is 1. The van der Waals surface area contributed by atoms with Crippen LogP contribution in [0.25, 0.3) is 0 Å². The second-order valence-corrected chi connectivity index (χ2v) is 5.17. The third kappa shape index (κ3) is 4.64. The first-order valence-electron chi connectivity index (χ1n) is 7.42. The number of amides is 2. The number of carbonyl (C=O) groups is 3. The fourth-order valence-electron chi connectivity index (χ4n) is 2.28. The van der Waals surface area contributed by atoms with Gasteiger partial charge >= 0.3 is 17.8 Å². The maximum absolute atomic E-state index is 11.9. The molecule has 0 radical (unpaired) electrons. The Balaban J connectivity index is 1.86. The molecule has 1 fully saturated rings. The van der Waals surface area contributed by atoms with Crippen LogP contribution in [0.15, 0.2) is 29.4 Å². The average molecular weight is 317 g/mol. The number of methoxy groups -OCH3 is 1. The van der Waals surface area contributed by atoms with Crippen LogP contribution in [0.3, 0.4) is 0 Å². The lowest BCUT2D eigenvalue weighted by atomic mass is 10.1. The van der Waals surface area contributed by atoms with Crippen molar-refractivity contribution in [1.29, 1.82) is 0 Å². The first-order chi connectivity index (χ1) is 11.1. The number of benzene rings is 1. The summed E-state index contributed by atoms with van der Waals surface area (Å²) in [6, 6.07) is 6.50. The van der Waals surface area contributed by atoms with Crippen LogP contribution in [0.2, 0.25) is 0 Å². The minimum Gasteiger partial charge on any atom is -0.465 e. The minimum absolute atomic E-state index is 0.422. The molecule has 0 aliphatic carbocycles. The topological polar surface area (TPSA) is 88.1 Å². The van der Waals surface area contributed by atoms with Gasteiger partial charge in [-0.15, -0.1) is 0 Å². The van der Waals surface area contributed by atoms with Crippen LogP contribution in [0.1, 0.15) is 35.2 Å². The molecule has 0 aromatic heterocycles. The molecule has 7 nitrogen and oxygen atoms in total. The SMILES string of the molecule is COC(=O)c1ccc(/C=N/NC(=O)C(=O)N2CCCCC2)cc1. The van der Waals surface area contributed by atoms with Crippen molar-refractivity contribution in [3.8, 4) is 0 Å².